The molecule has 1 aromatic carbocycles. The highest BCUT2D eigenvalue weighted by Crippen LogP contribution is 2.29. The first-order valence-electron chi connectivity index (χ1n) is 4.30. The van der Waals surface area contributed by atoms with Crippen LogP contribution in [0.15, 0.2) is 30.3 Å². The van der Waals surface area contributed by atoms with Crippen LogP contribution in [0.4, 0.5) is 5.69 Å². The summed E-state index contributed by atoms with van der Waals surface area (Å²) in [5.74, 6) is 0. The molecule has 1 fully saturated rings. The molecule has 1 saturated heterocycles. The molecule has 0 spiro atoms. The molecular weight excluding hydrogens is 198 g/mol. The number of anilines is 1. The van der Waals surface area contributed by atoms with Gasteiger partial charge >= 0.3 is 0 Å². The van der Waals surface area contributed by atoms with Gasteiger partial charge in [0.05, 0.1) is 0 Å². The predicted molar refractivity (Wildman–Crippen MR) is 63.4 cm³/mol. The number of thiocarbonyl (C=S) groups is 1. The Hall–Kier alpha value is -0.540. The second-order valence-electron chi connectivity index (χ2n) is 3.14. The number of nitrogens with zero attached hydrogens (tertiary/aromatic N) is 1. The Kier molecular flexibility index (Phi) is 2.56. The van der Waals surface area contributed by atoms with Gasteiger partial charge in [0, 0.05) is 17.5 Å². The van der Waals surface area contributed by atoms with Gasteiger partial charge in [-0.25, -0.2) is 0 Å². The Bertz CT molecular complexity index is 310. The SMILES string of the molecule is CC1CN(c2ccccc2)C(=S)S1. The predicted octanol–water partition coefficient (Wildman–Crippen LogP) is 2.91. The summed E-state index contributed by atoms with van der Waals surface area (Å²) >= 11 is 7.07. The Balaban J connectivity index is 2.23. The highest BCUT2D eigenvalue weighted by Gasteiger charge is 2.24. The van der Waals surface area contributed by atoms with Crippen LogP contribution in [0.25, 0.3) is 0 Å². The van der Waals surface area contributed by atoms with Crippen molar-refractivity contribution in [3.8, 4) is 0 Å². The van der Waals surface area contributed by atoms with E-state index < -0.39 is 0 Å². The van der Waals surface area contributed by atoms with Crippen LogP contribution in [0.3, 0.4) is 0 Å². The topological polar surface area (TPSA) is 3.24 Å². The lowest BCUT2D eigenvalue weighted by Gasteiger charge is -2.16. The van der Waals surface area contributed by atoms with Crippen LogP contribution >= 0.6 is 24.0 Å². The minimum absolute atomic E-state index is 0.618. The average Bonchev–Trinajstić information content (AvgIpc) is 2.47. The van der Waals surface area contributed by atoms with Crippen molar-refractivity contribution in [3.05, 3.63) is 30.3 Å². The molecule has 1 aromatic rings. The van der Waals surface area contributed by atoms with E-state index in [9.17, 15) is 0 Å². The van der Waals surface area contributed by atoms with Crippen molar-refractivity contribution in [1.82, 2.24) is 0 Å². The molecule has 0 radical (unpaired) electrons. The molecule has 0 bridgehead atoms. The van der Waals surface area contributed by atoms with Crippen LogP contribution in [0, 0.1) is 0 Å². The van der Waals surface area contributed by atoms with Crippen LogP contribution < -0.4 is 4.90 Å². The second kappa shape index (κ2) is 3.68. The van der Waals surface area contributed by atoms with E-state index in [1.807, 2.05) is 18.2 Å². The zero-order valence-electron chi connectivity index (χ0n) is 7.43. The van der Waals surface area contributed by atoms with Gasteiger partial charge in [-0.1, -0.05) is 49.1 Å². The number of hydrogen-bond donors (Lipinski definition) is 0. The van der Waals surface area contributed by atoms with E-state index in [1.165, 1.54) is 5.69 Å². The molecule has 1 aliphatic heterocycles. The van der Waals surface area contributed by atoms with E-state index in [-0.39, 0.29) is 0 Å². The normalized spacial score (nSPS) is 22.4. The van der Waals surface area contributed by atoms with Gasteiger partial charge in [-0.3, -0.25) is 0 Å². The fraction of sp³-hybridized carbons (Fsp3) is 0.300. The van der Waals surface area contributed by atoms with Gasteiger partial charge in [-0.2, -0.15) is 0 Å². The number of thioether (sulfide) groups is 1. The summed E-state index contributed by atoms with van der Waals surface area (Å²) in [7, 11) is 0. The standard InChI is InChI=1S/C10H11NS2/c1-8-7-11(10(12)13-8)9-5-3-2-4-6-9/h2-6,8H,7H2,1H3. The third-order valence-electron chi connectivity index (χ3n) is 2.03. The molecule has 1 unspecified atom stereocenters. The van der Waals surface area contributed by atoms with E-state index in [2.05, 4.69) is 24.0 Å². The van der Waals surface area contributed by atoms with Crippen molar-refractivity contribution in [3.63, 3.8) is 0 Å². The van der Waals surface area contributed by atoms with Gasteiger partial charge in [0.1, 0.15) is 4.32 Å². The summed E-state index contributed by atoms with van der Waals surface area (Å²) in [6, 6.07) is 10.3. The second-order valence-corrected chi connectivity index (χ2v) is 5.21. The Labute approximate surface area is 88.1 Å². The number of rotatable bonds is 1. The highest BCUT2D eigenvalue weighted by atomic mass is 32.2. The molecule has 3 heteroatoms. The van der Waals surface area contributed by atoms with E-state index in [4.69, 9.17) is 12.2 Å². The van der Waals surface area contributed by atoms with Crippen LogP contribution in [-0.4, -0.2) is 16.1 Å². The Morgan fingerprint density at radius 1 is 1.38 bits per heavy atom. The summed E-state index contributed by atoms with van der Waals surface area (Å²) in [6.07, 6.45) is 0. The first-order chi connectivity index (χ1) is 6.27. The molecule has 0 N–H and O–H groups in total. The molecule has 2 rings (SSSR count). The molecule has 1 atom stereocenters. The largest absolute Gasteiger partial charge is 0.326 e. The van der Waals surface area contributed by atoms with E-state index in [0.29, 0.717) is 5.25 Å². The minimum atomic E-state index is 0.618. The third-order valence-corrected chi connectivity index (χ3v) is 3.51. The molecule has 1 nitrogen and oxygen atoms in total. The van der Waals surface area contributed by atoms with E-state index in [1.54, 1.807) is 11.8 Å². The monoisotopic (exact) mass is 209 g/mol. The van der Waals surface area contributed by atoms with Crippen LogP contribution in [-0.2, 0) is 0 Å². The van der Waals surface area contributed by atoms with Gasteiger partial charge in [-0.15, -0.1) is 0 Å². The fourth-order valence-corrected chi connectivity index (χ4v) is 2.97. The zero-order valence-corrected chi connectivity index (χ0v) is 9.07. The van der Waals surface area contributed by atoms with Gasteiger partial charge in [0.25, 0.3) is 0 Å². The van der Waals surface area contributed by atoms with Crippen molar-refractivity contribution in [2.75, 3.05) is 11.4 Å². The lowest BCUT2D eigenvalue weighted by molar-refractivity contribution is 0.956. The highest BCUT2D eigenvalue weighted by molar-refractivity contribution is 8.24. The maximum absolute atomic E-state index is 5.29. The van der Waals surface area contributed by atoms with Crippen molar-refractivity contribution in [1.29, 1.82) is 0 Å². The van der Waals surface area contributed by atoms with Gasteiger partial charge in [0.15, 0.2) is 0 Å². The smallest absolute Gasteiger partial charge is 0.141 e. The summed E-state index contributed by atoms with van der Waals surface area (Å²) < 4.78 is 0.999. The summed E-state index contributed by atoms with van der Waals surface area (Å²) in [5.41, 5.74) is 1.21. The summed E-state index contributed by atoms with van der Waals surface area (Å²) in [6.45, 7) is 3.24. The zero-order chi connectivity index (χ0) is 9.26. The van der Waals surface area contributed by atoms with Crippen LogP contribution in [0.5, 0.6) is 0 Å². The Morgan fingerprint density at radius 2 is 2.08 bits per heavy atom. The lowest BCUT2D eigenvalue weighted by atomic mass is 10.3. The van der Waals surface area contributed by atoms with Crippen molar-refractivity contribution >= 4 is 34.0 Å². The van der Waals surface area contributed by atoms with Gasteiger partial charge < -0.3 is 4.90 Å². The van der Waals surface area contributed by atoms with Crippen molar-refractivity contribution in [2.24, 2.45) is 0 Å². The molecular formula is C10H11NS2. The maximum atomic E-state index is 5.29. The van der Waals surface area contributed by atoms with Gasteiger partial charge in [-0.05, 0) is 12.1 Å². The average molecular weight is 209 g/mol. The van der Waals surface area contributed by atoms with Crippen molar-refractivity contribution < 1.29 is 0 Å². The Morgan fingerprint density at radius 3 is 2.62 bits per heavy atom. The number of benzene rings is 1. The van der Waals surface area contributed by atoms with E-state index in [0.717, 1.165) is 10.9 Å². The molecule has 1 heterocycles. The number of para-hydroxylation sites is 1. The maximum Gasteiger partial charge on any atom is 0.141 e. The molecule has 0 saturated carbocycles. The van der Waals surface area contributed by atoms with E-state index >= 15 is 0 Å². The minimum Gasteiger partial charge on any atom is -0.326 e. The first-order valence-corrected chi connectivity index (χ1v) is 5.59. The fourth-order valence-electron chi connectivity index (χ4n) is 1.42. The van der Waals surface area contributed by atoms with Crippen LogP contribution in [0.1, 0.15) is 6.92 Å². The quantitative estimate of drug-likeness (QED) is 0.655. The molecule has 68 valence electrons. The molecule has 0 amide bonds. The molecule has 0 aromatic heterocycles. The third kappa shape index (κ3) is 1.86. The van der Waals surface area contributed by atoms with Crippen LogP contribution in [0.2, 0.25) is 0 Å². The summed E-state index contributed by atoms with van der Waals surface area (Å²) in [4.78, 5) is 2.20. The molecule has 0 aliphatic carbocycles. The molecule has 13 heavy (non-hydrogen) atoms. The summed E-state index contributed by atoms with van der Waals surface area (Å²) in [5, 5.41) is 0.618. The first kappa shape index (κ1) is 9.03. The van der Waals surface area contributed by atoms with Gasteiger partial charge in [0.2, 0.25) is 0 Å². The lowest BCUT2D eigenvalue weighted by Crippen LogP contribution is -2.23. The molecule has 1 aliphatic rings. The number of hydrogen-bond acceptors (Lipinski definition) is 2. The van der Waals surface area contributed by atoms with Crippen molar-refractivity contribution in [2.45, 2.75) is 12.2 Å².